The van der Waals surface area contributed by atoms with Gasteiger partial charge in [0.05, 0.1) is 10.6 Å². The molecule has 4 rings (SSSR count). The number of H-pyrrole nitrogens is 1. The van der Waals surface area contributed by atoms with E-state index in [9.17, 15) is 9.90 Å². The van der Waals surface area contributed by atoms with Gasteiger partial charge in [0.25, 0.3) is 0 Å². The first-order valence-corrected chi connectivity index (χ1v) is 9.91. The predicted octanol–water partition coefficient (Wildman–Crippen LogP) is 5.85. The van der Waals surface area contributed by atoms with Crippen LogP contribution in [0, 0.1) is 0 Å². The number of benzene rings is 2. The molecule has 0 spiro atoms. The van der Waals surface area contributed by atoms with Crippen molar-refractivity contribution in [1.29, 1.82) is 0 Å². The number of aromatic carboxylic acids is 1. The molecule has 1 aromatic heterocycles. The van der Waals surface area contributed by atoms with Crippen LogP contribution in [0.1, 0.15) is 29.6 Å². The highest BCUT2D eigenvalue weighted by Crippen LogP contribution is 2.35. The van der Waals surface area contributed by atoms with Crippen molar-refractivity contribution in [2.45, 2.75) is 31.5 Å². The van der Waals surface area contributed by atoms with Gasteiger partial charge >= 0.3 is 5.97 Å². The summed E-state index contributed by atoms with van der Waals surface area (Å²) in [6, 6.07) is 11.3. The van der Waals surface area contributed by atoms with Gasteiger partial charge in [0.2, 0.25) is 0 Å². The number of rotatable bonds is 5. The van der Waals surface area contributed by atoms with Crippen molar-refractivity contribution in [2.24, 2.45) is 0 Å². The summed E-state index contributed by atoms with van der Waals surface area (Å²) in [5, 5.41) is 10.5. The Hall–Kier alpha value is -1.77. The number of hydrogen-bond acceptors (Lipinski definition) is 3. The van der Waals surface area contributed by atoms with Crippen LogP contribution in [-0.2, 0) is 3.07 Å². The maximum atomic E-state index is 11.4. The summed E-state index contributed by atoms with van der Waals surface area (Å²) in [6.45, 7) is 0. The van der Waals surface area contributed by atoms with Crippen LogP contribution in [0.25, 0.3) is 22.0 Å². The van der Waals surface area contributed by atoms with Crippen molar-refractivity contribution in [2.75, 3.05) is 0 Å². The SMILES string of the molecule is O=C(O)c1c[nH]c2cc(Cl)c(-c3ccc(O[C@@H]4CCC[C@H]4OI)cc3)cc12. The van der Waals surface area contributed by atoms with Gasteiger partial charge in [0.15, 0.2) is 0 Å². The number of nitrogens with one attached hydrogen (secondary N) is 1. The van der Waals surface area contributed by atoms with E-state index in [0.29, 0.717) is 15.9 Å². The van der Waals surface area contributed by atoms with E-state index < -0.39 is 5.97 Å². The molecule has 0 amide bonds. The third-order valence-corrected chi connectivity index (χ3v) is 5.92. The van der Waals surface area contributed by atoms with E-state index in [1.807, 2.05) is 53.3 Å². The van der Waals surface area contributed by atoms with Gasteiger partial charge in [-0.2, -0.15) is 0 Å². The van der Waals surface area contributed by atoms with Gasteiger partial charge in [-0.3, -0.25) is 0 Å². The zero-order valence-corrected chi connectivity index (χ0v) is 17.2. The topological polar surface area (TPSA) is 71.5 Å². The van der Waals surface area contributed by atoms with Crippen LogP contribution in [0.3, 0.4) is 0 Å². The molecule has 1 fully saturated rings. The van der Waals surface area contributed by atoms with Gasteiger partial charge in [-0.05, 0) is 49.1 Å². The molecule has 0 unspecified atom stereocenters. The monoisotopic (exact) mass is 497 g/mol. The maximum Gasteiger partial charge on any atom is 0.337 e. The predicted molar refractivity (Wildman–Crippen MR) is 113 cm³/mol. The fraction of sp³-hybridized carbons (Fsp3) is 0.250. The normalized spacial score (nSPS) is 19.5. The number of carbonyl (C=O) groups is 1. The summed E-state index contributed by atoms with van der Waals surface area (Å²) in [5.74, 6) is -0.184. The number of carboxylic acids is 1. The van der Waals surface area contributed by atoms with E-state index in [2.05, 4.69) is 4.98 Å². The second-order valence-corrected chi connectivity index (χ2v) is 7.54. The van der Waals surface area contributed by atoms with Crippen LogP contribution in [0.2, 0.25) is 5.02 Å². The Labute approximate surface area is 175 Å². The molecular weight excluding hydrogens is 481 g/mol. The Morgan fingerprint density at radius 2 is 1.93 bits per heavy atom. The number of ether oxygens (including phenoxy) is 1. The zero-order chi connectivity index (χ0) is 19.0. The zero-order valence-electron chi connectivity index (χ0n) is 14.2. The lowest BCUT2D eigenvalue weighted by Gasteiger charge is -2.19. The lowest BCUT2D eigenvalue weighted by molar-refractivity contribution is 0.0699. The lowest BCUT2D eigenvalue weighted by atomic mass is 10.0. The van der Waals surface area contributed by atoms with Gasteiger partial charge in [-0.15, -0.1) is 0 Å². The minimum Gasteiger partial charge on any atom is -0.488 e. The molecule has 2 N–H and O–H groups in total. The highest BCUT2D eigenvalue weighted by molar-refractivity contribution is 14.1. The summed E-state index contributed by atoms with van der Waals surface area (Å²) in [6.07, 6.45) is 4.80. The van der Waals surface area contributed by atoms with E-state index in [0.717, 1.165) is 36.1 Å². The van der Waals surface area contributed by atoms with Crippen molar-refractivity contribution in [3.63, 3.8) is 0 Å². The molecule has 3 aromatic rings. The Morgan fingerprint density at radius 1 is 1.19 bits per heavy atom. The number of aromatic nitrogens is 1. The standard InChI is InChI=1S/C20H17ClINO4/c21-16-9-17-14(15(10-23-17)20(24)25)8-13(16)11-4-6-12(7-5-11)26-18-2-1-3-19(18)27-22/h4-10,18-19,23H,1-3H2,(H,24,25)/t18-,19-/m1/s1. The summed E-state index contributed by atoms with van der Waals surface area (Å²) < 4.78 is 11.5. The molecule has 0 bridgehead atoms. The fourth-order valence-corrected chi connectivity index (χ4v) is 4.41. The second kappa shape index (κ2) is 7.69. The number of aromatic amines is 1. The molecule has 140 valence electrons. The molecule has 5 nitrogen and oxygen atoms in total. The van der Waals surface area contributed by atoms with Gasteiger partial charge in [-0.1, -0.05) is 23.7 Å². The van der Waals surface area contributed by atoms with E-state index in [4.69, 9.17) is 19.4 Å². The summed E-state index contributed by atoms with van der Waals surface area (Å²) in [5.41, 5.74) is 2.62. The van der Waals surface area contributed by atoms with Crippen LogP contribution in [-0.4, -0.2) is 28.3 Å². The van der Waals surface area contributed by atoms with Crippen LogP contribution in [0.4, 0.5) is 0 Å². The van der Waals surface area contributed by atoms with Crippen molar-refractivity contribution >= 4 is 51.5 Å². The van der Waals surface area contributed by atoms with Crippen molar-refractivity contribution in [1.82, 2.24) is 4.98 Å². The average molecular weight is 498 g/mol. The molecule has 7 heteroatoms. The van der Waals surface area contributed by atoms with Crippen molar-refractivity contribution in [3.05, 3.63) is 53.2 Å². The molecule has 1 aliphatic carbocycles. The van der Waals surface area contributed by atoms with Crippen LogP contribution in [0.15, 0.2) is 42.6 Å². The van der Waals surface area contributed by atoms with Gasteiger partial charge in [0, 0.05) is 22.7 Å². The van der Waals surface area contributed by atoms with E-state index in [1.54, 1.807) is 6.07 Å². The smallest absolute Gasteiger partial charge is 0.337 e. The first kappa shape index (κ1) is 18.6. The number of fused-ring (bicyclic) bond motifs is 1. The highest BCUT2D eigenvalue weighted by atomic mass is 127. The Balaban J connectivity index is 1.62. The van der Waals surface area contributed by atoms with Crippen LogP contribution >= 0.6 is 34.6 Å². The van der Waals surface area contributed by atoms with Crippen LogP contribution in [0.5, 0.6) is 5.75 Å². The lowest BCUT2D eigenvalue weighted by Crippen LogP contribution is -2.26. The molecule has 0 radical (unpaired) electrons. The molecule has 2 aromatic carbocycles. The van der Waals surface area contributed by atoms with E-state index >= 15 is 0 Å². The third-order valence-electron chi connectivity index (χ3n) is 4.96. The summed E-state index contributed by atoms with van der Waals surface area (Å²) in [4.78, 5) is 14.3. The highest BCUT2D eigenvalue weighted by Gasteiger charge is 2.29. The summed E-state index contributed by atoms with van der Waals surface area (Å²) in [7, 11) is 0. The fourth-order valence-electron chi connectivity index (χ4n) is 3.56. The van der Waals surface area contributed by atoms with E-state index in [-0.39, 0.29) is 17.8 Å². The largest absolute Gasteiger partial charge is 0.488 e. The minimum absolute atomic E-state index is 0.0747. The quantitative estimate of drug-likeness (QED) is 0.434. The van der Waals surface area contributed by atoms with E-state index in [1.165, 1.54) is 6.20 Å². The van der Waals surface area contributed by atoms with Gasteiger partial charge in [0.1, 0.15) is 41.0 Å². The Kier molecular flexibility index (Phi) is 5.29. The Bertz CT molecular complexity index is 986. The summed E-state index contributed by atoms with van der Waals surface area (Å²) >= 11 is 8.36. The molecule has 1 saturated carbocycles. The van der Waals surface area contributed by atoms with Crippen LogP contribution < -0.4 is 4.74 Å². The maximum absolute atomic E-state index is 11.4. The van der Waals surface area contributed by atoms with Gasteiger partial charge in [-0.25, -0.2) is 4.79 Å². The Morgan fingerprint density at radius 3 is 2.63 bits per heavy atom. The second-order valence-electron chi connectivity index (χ2n) is 6.62. The first-order valence-electron chi connectivity index (χ1n) is 8.65. The minimum atomic E-state index is -0.970. The molecule has 0 aliphatic heterocycles. The molecule has 1 aliphatic rings. The number of carboxylic acid groups (broad SMARTS) is 1. The molecule has 27 heavy (non-hydrogen) atoms. The van der Waals surface area contributed by atoms with Crippen molar-refractivity contribution < 1.29 is 17.7 Å². The average Bonchev–Trinajstić information content (AvgIpc) is 3.28. The van der Waals surface area contributed by atoms with Crippen molar-refractivity contribution in [3.8, 4) is 16.9 Å². The molecule has 0 saturated heterocycles. The number of hydrogen-bond donors (Lipinski definition) is 2. The molecule has 2 atom stereocenters. The first-order chi connectivity index (χ1) is 13.1. The third kappa shape index (κ3) is 3.66. The molecule has 1 heterocycles. The van der Waals surface area contributed by atoms with Gasteiger partial charge < -0.3 is 17.9 Å². The molecular formula is C20H17ClINO4. The number of halogens is 2.